The normalized spacial score (nSPS) is 16.5. The Labute approximate surface area is 182 Å². The van der Waals surface area contributed by atoms with Crippen LogP contribution in [-0.4, -0.2) is 60.4 Å². The lowest BCUT2D eigenvalue weighted by atomic mass is 9.95. The molecule has 31 heavy (non-hydrogen) atoms. The summed E-state index contributed by atoms with van der Waals surface area (Å²) >= 11 is 0. The van der Waals surface area contributed by atoms with Crippen molar-refractivity contribution < 1.29 is 23.8 Å². The Morgan fingerprint density at radius 1 is 1.19 bits per heavy atom. The van der Waals surface area contributed by atoms with E-state index in [9.17, 15) is 14.7 Å². The van der Waals surface area contributed by atoms with Crippen molar-refractivity contribution in [1.29, 1.82) is 0 Å². The number of hydrogen-bond donors (Lipinski definition) is 1. The largest absolute Gasteiger partial charge is 0.503 e. The first-order chi connectivity index (χ1) is 14.9. The quantitative estimate of drug-likeness (QED) is 0.432. The number of nitrogens with zero attached hydrogens (tertiary/aromatic N) is 2. The first-order valence-corrected chi connectivity index (χ1v) is 10.6. The predicted molar refractivity (Wildman–Crippen MR) is 117 cm³/mol. The number of carbonyl (C=O) groups is 2. The Kier molecular flexibility index (Phi) is 7.52. The van der Waals surface area contributed by atoms with Gasteiger partial charge in [-0.05, 0) is 50.3 Å². The molecule has 0 saturated heterocycles. The minimum Gasteiger partial charge on any atom is -0.503 e. The third-order valence-electron chi connectivity index (χ3n) is 5.29. The molecule has 1 aliphatic rings. The zero-order valence-electron chi connectivity index (χ0n) is 18.3. The molecule has 1 aliphatic heterocycles. The SMILES string of the molecule is CCCCCOc1ccc(C2C(C(=O)c3ccco3)=C(O)C(=O)N2CCN(C)C)cc1. The van der Waals surface area contributed by atoms with Gasteiger partial charge in [-0.3, -0.25) is 9.59 Å². The fourth-order valence-corrected chi connectivity index (χ4v) is 3.60. The van der Waals surface area contributed by atoms with Crippen LogP contribution in [-0.2, 0) is 4.79 Å². The number of hydrogen-bond acceptors (Lipinski definition) is 6. The maximum atomic E-state index is 13.1. The van der Waals surface area contributed by atoms with Crippen LogP contribution >= 0.6 is 0 Å². The van der Waals surface area contributed by atoms with Crippen molar-refractivity contribution in [2.45, 2.75) is 32.2 Å². The molecule has 3 rings (SSSR count). The lowest BCUT2D eigenvalue weighted by molar-refractivity contribution is -0.129. The number of furan rings is 1. The zero-order chi connectivity index (χ0) is 22.4. The van der Waals surface area contributed by atoms with Crippen LogP contribution in [0.4, 0.5) is 0 Å². The predicted octanol–water partition coefficient (Wildman–Crippen LogP) is 3.99. The molecule has 0 radical (unpaired) electrons. The summed E-state index contributed by atoms with van der Waals surface area (Å²) in [6.07, 6.45) is 4.63. The second-order valence-electron chi connectivity index (χ2n) is 7.90. The number of rotatable bonds is 11. The summed E-state index contributed by atoms with van der Waals surface area (Å²) < 4.78 is 11.0. The first-order valence-electron chi connectivity index (χ1n) is 10.6. The lowest BCUT2D eigenvalue weighted by Gasteiger charge is -2.28. The summed E-state index contributed by atoms with van der Waals surface area (Å²) in [6.45, 7) is 3.75. The number of amides is 1. The average Bonchev–Trinajstić information content (AvgIpc) is 3.38. The number of aliphatic hydroxyl groups excluding tert-OH is 1. The van der Waals surface area contributed by atoms with Crippen molar-refractivity contribution in [1.82, 2.24) is 9.80 Å². The number of benzene rings is 1. The van der Waals surface area contributed by atoms with Gasteiger partial charge >= 0.3 is 0 Å². The van der Waals surface area contributed by atoms with Crippen LogP contribution in [0.1, 0.15) is 48.3 Å². The summed E-state index contributed by atoms with van der Waals surface area (Å²) in [5, 5.41) is 10.6. The molecule has 166 valence electrons. The van der Waals surface area contributed by atoms with Gasteiger partial charge in [0.2, 0.25) is 5.78 Å². The highest BCUT2D eigenvalue weighted by molar-refractivity contribution is 6.15. The molecular formula is C24H30N2O5. The molecule has 0 aliphatic carbocycles. The molecule has 0 bridgehead atoms. The maximum absolute atomic E-state index is 13.1. The molecule has 7 nitrogen and oxygen atoms in total. The van der Waals surface area contributed by atoms with Crippen LogP contribution in [0.25, 0.3) is 0 Å². The highest BCUT2D eigenvalue weighted by Crippen LogP contribution is 2.39. The number of carbonyl (C=O) groups excluding carboxylic acids is 2. The number of Topliss-reactive ketones (excluding diaryl/α,β-unsaturated/α-hetero) is 1. The van der Waals surface area contributed by atoms with E-state index in [1.54, 1.807) is 6.07 Å². The van der Waals surface area contributed by atoms with Gasteiger partial charge in [-0.1, -0.05) is 31.9 Å². The summed E-state index contributed by atoms with van der Waals surface area (Å²) in [5.41, 5.74) is 0.766. The number of likely N-dealkylation sites (N-methyl/N-ethyl adjacent to an activating group) is 1. The summed E-state index contributed by atoms with van der Waals surface area (Å²) in [4.78, 5) is 29.4. The minimum absolute atomic E-state index is 0.0373. The average molecular weight is 427 g/mol. The number of aliphatic hydroxyl groups is 1. The third kappa shape index (κ3) is 5.17. The van der Waals surface area contributed by atoms with Crippen molar-refractivity contribution in [2.75, 3.05) is 33.8 Å². The van der Waals surface area contributed by atoms with Gasteiger partial charge in [0.15, 0.2) is 11.5 Å². The van der Waals surface area contributed by atoms with Crippen LogP contribution in [0.5, 0.6) is 5.75 Å². The van der Waals surface area contributed by atoms with Crippen molar-refractivity contribution in [3.8, 4) is 5.75 Å². The molecule has 1 aromatic carbocycles. The van der Waals surface area contributed by atoms with E-state index in [2.05, 4.69) is 6.92 Å². The smallest absolute Gasteiger partial charge is 0.290 e. The summed E-state index contributed by atoms with van der Waals surface area (Å²) in [6, 6.07) is 9.78. The maximum Gasteiger partial charge on any atom is 0.290 e. The van der Waals surface area contributed by atoms with Crippen LogP contribution in [0.3, 0.4) is 0 Å². The van der Waals surface area contributed by atoms with Gasteiger partial charge in [-0.2, -0.15) is 0 Å². The van der Waals surface area contributed by atoms with Gasteiger partial charge in [0, 0.05) is 13.1 Å². The fraction of sp³-hybridized carbons (Fsp3) is 0.417. The van der Waals surface area contributed by atoms with Gasteiger partial charge in [-0.15, -0.1) is 0 Å². The van der Waals surface area contributed by atoms with Gasteiger partial charge < -0.3 is 24.1 Å². The van der Waals surface area contributed by atoms with E-state index >= 15 is 0 Å². The third-order valence-corrected chi connectivity index (χ3v) is 5.29. The van der Waals surface area contributed by atoms with Gasteiger partial charge in [0.25, 0.3) is 5.91 Å². The summed E-state index contributed by atoms with van der Waals surface area (Å²) in [5.74, 6) is -0.749. The van der Waals surface area contributed by atoms with E-state index in [1.807, 2.05) is 43.3 Å². The molecule has 0 fully saturated rings. The van der Waals surface area contributed by atoms with Crippen molar-refractivity contribution in [2.24, 2.45) is 0 Å². The fourth-order valence-electron chi connectivity index (χ4n) is 3.60. The molecule has 1 unspecified atom stereocenters. The van der Waals surface area contributed by atoms with E-state index in [0.29, 0.717) is 19.7 Å². The molecule has 1 atom stereocenters. The Bertz CT molecular complexity index is 916. The number of unbranched alkanes of at least 4 members (excludes halogenated alkanes) is 2. The van der Waals surface area contributed by atoms with Crippen LogP contribution in [0.15, 0.2) is 58.4 Å². The molecular weight excluding hydrogens is 396 g/mol. The molecule has 1 aromatic heterocycles. The zero-order valence-corrected chi connectivity index (χ0v) is 18.3. The molecule has 0 saturated carbocycles. The van der Waals surface area contributed by atoms with Crippen LogP contribution < -0.4 is 4.74 Å². The van der Waals surface area contributed by atoms with Gasteiger partial charge in [0.05, 0.1) is 24.5 Å². The lowest BCUT2D eigenvalue weighted by Crippen LogP contribution is -2.36. The Balaban J connectivity index is 1.89. The van der Waals surface area contributed by atoms with E-state index < -0.39 is 23.5 Å². The minimum atomic E-state index is -0.695. The van der Waals surface area contributed by atoms with Gasteiger partial charge in [-0.25, -0.2) is 0 Å². The Hall–Kier alpha value is -3.06. The highest BCUT2D eigenvalue weighted by Gasteiger charge is 2.44. The molecule has 1 N–H and O–H groups in total. The first kappa shape index (κ1) is 22.6. The second-order valence-corrected chi connectivity index (χ2v) is 7.90. The molecule has 1 amide bonds. The topological polar surface area (TPSA) is 83.2 Å². The molecule has 2 aromatic rings. The standard InChI is InChI=1S/C24H30N2O5/c1-4-5-6-15-30-18-11-9-17(10-12-18)21-20(22(27)19-8-7-16-31-19)23(28)24(29)26(21)14-13-25(2)3/h7-12,16,21,28H,4-6,13-15H2,1-3H3. The van der Waals surface area contributed by atoms with Crippen LogP contribution in [0.2, 0.25) is 0 Å². The molecule has 7 heteroatoms. The second kappa shape index (κ2) is 10.3. The highest BCUT2D eigenvalue weighted by atomic mass is 16.5. The Morgan fingerprint density at radius 2 is 1.94 bits per heavy atom. The van der Waals surface area contributed by atoms with Gasteiger partial charge in [0.1, 0.15) is 5.75 Å². The molecule has 2 heterocycles. The van der Waals surface area contributed by atoms with E-state index in [-0.39, 0.29) is 11.3 Å². The van der Waals surface area contributed by atoms with E-state index in [0.717, 1.165) is 30.6 Å². The van der Waals surface area contributed by atoms with Crippen molar-refractivity contribution in [3.63, 3.8) is 0 Å². The van der Waals surface area contributed by atoms with Crippen LogP contribution in [0, 0.1) is 0 Å². The van der Waals surface area contributed by atoms with E-state index in [4.69, 9.17) is 9.15 Å². The van der Waals surface area contributed by atoms with E-state index in [1.165, 1.54) is 17.2 Å². The van der Waals surface area contributed by atoms with Crippen molar-refractivity contribution in [3.05, 3.63) is 65.3 Å². The molecule has 0 spiro atoms. The van der Waals surface area contributed by atoms with Crippen molar-refractivity contribution >= 4 is 11.7 Å². The Morgan fingerprint density at radius 3 is 2.55 bits per heavy atom. The number of ketones is 1. The monoisotopic (exact) mass is 426 g/mol. The summed E-state index contributed by atoms with van der Waals surface area (Å²) in [7, 11) is 3.81. The number of ether oxygens (including phenoxy) is 1.